The Balaban J connectivity index is 0.000000138. The number of hydrogen-bond donors (Lipinski definition) is 4. The number of carbonyl (C=O) groups excluding carboxylic acids is 2. The molecule has 0 fully saturated rings. The normalized spacial score (nSPS) is 13.3. The maximum atomic E-state index is 12.3. The Morgan fingerprint density at radius 3 is 1.17 bits per heavy atom. The quantitative estimate of drug-likeness (QED) is 0.0658. The fourth-order valence-electron chi connectivity index (χ4n) is 13.9. The van der Waals surface area contributed by atoms with Crippen LogP contribution in [0.15, 0.2) is 427 Å². The third kappa shape index (κ3) is 25.7. The van der Waals surface area contributed by atoms with E-state index in [1.807, 2.05) is 166 Å². The molecular weight excluding hydrogens is 1770 g/mol. The summed E-state index contributed by atoms with van der Waals surface area (Å²) in [6, 6.07) is 57.1. The smallest absolute Gasteiger partial charge is 0.406 e. The zero-order chi connectivity index (χ0) is 97.0. The fraction of sp³-hybridized carbons (Fsp3) is 0.0686. The molecule has 18 rings (SSSR count). The molecule has 0 saturated heterocycles. The largest absolute Gasteiger partial charge is 0.573 e. The number of ether oxygens (including phenoxy) is 1. The highest BCUT2D eigenvalue weighted by atomic mass is 32.2. The second-order valence-electron chi connectivity index (χ2n) is 30.4. The molecule has 2 amide bonds. The van der Waals surface area contributed by atoms with Gasteiger partial charge in [0.25, 0.3) is 11.1 Å². The number of aromatic nitrogens is 11. The standard InChI is InChI=1S/C18H13F3N2O.C18H17N3O3.C17H16N4O2.C17H14N2.C16H16N4O2S.C16H14N4O2S/c1-13-2-3-15(14-8-10-22-11-9-14)12-23(13)16-4-6-17(7-5-16)24-18(19,20)21;1-11-18(12(2)24-20-11)14-7-8-17(23)21(10-14)16-6-4-5-15(9-16)19-13(3)22;1-12(22)19-15-4-3-5-16(8-15)21-11-13(6-7-17(21)23)14-9-18-20(2)10-14;1-14-7-8-16(15-9-11-18-12-10-15)13-19(14)17-5-3-2-4-6-17;1-12-3-4-13(14-9-18-19(2)10-14)11-20(12)15-5-7-16(8-6-15)23(17,21)22;1-12-2-3-13(14-8-18-11-19-9-14)10-20(12)15-4-6-16(7-5-15)23(17,21)22/h2-12H,1H2;4-10H,1-3H3,(H,19,22);3-11H,1-2H3,(H,19,22);2-13H,1H2;3-11H,1H2,2H3,(H2,17,21,22);2-11H,1H2,(H2,17,21,22). The number of anilines is 6. The van der Waals surface area contributed by atoms with Gasteiger partial charge < -0.3 is 39.5 Å². The number of amides is 2. The van der Waals surface area contributed by atoms with Gasteiger partial charge in [0.15, 0.2) is 0 Å². The monoisotopic (exact) mass is 1860 g/mol. The van der Waals surface area contributed by atoms with Gasteiger partial charge in [-0.1, -0.05) is 86.1 Å². The van der Waals surface area contributed by atoms with E-state index in [1.54, 1.807) is 166 Å². The number of rotatable bonds is 17. The van der Waals surface area contributed by atoms with Crippen LogP contribution in [0.5, 0.6) is 5.75 Å². The van der Waals surface area contributed by atoms with Crippen LogP contribution in [0.4, 0.5) is 47.3 Å². The minimum absolute atomic E-state index is 0.0695. The number of halogens is 3. The maximum Gasteiger partial charge on any atom is 0.573 e. The number of hydrogen-bond acceptors (Lipinski definition) is 21. The highest BCUT2D eigenvalue weighted by molar-refractivity contribution is 7.89. The molecule has 0 saturated carbocycles. The lowest BCUT2D eigenvalue weighted by molar-refractivity contribution is -0.274. The van der Waals surface area contributed by atoms with E-state index in [0.717, 1.165) is 107 Å². The Kier molecular flexibility index (Phi) is 30.5. The molecule has 6 aromatic carbocycles. The Bertz CT molecular complexity index is 7420. The molecule has 0 atom stereocenters. The van der Waals surface area contributed by atoms with E-state index in [1.165, 1.54) is 73.3 Å². The highest BCUT2D eigenvalue weighted by Crippen LogP contribution is 2.36. The fourth-order valence-corrected chi connectivity index (χ4v) is 14.9. The number of carbonyl (C=O) groups is 2. The summed E-state index contributed by atoms with van der Waals surface area (Å²) in [6.07, 6.45) is 41.4. The number of primary sulfonamides is 2. The molecule has 29 nitrogen and oxygen atoms in total. The molecule has 12 heterocycles. The summed E-state index contributed by atoms with van der Waals surface area (Å²) in [5, 5.41) is 27.9. The van der Waals surface area contributed by atoms with Crippen LogP contribution in [0.25, 0.3) is 55.9 Å². The van der Waals surface area contributed by atoms with Gasteiger partial charge in [-0.2, -0.15) is 10.2 Å². The van der Waals surface area contributed by atoms with E-state index in [-0.39, 0.29) is 38.5 Å². The predicted molar refractivity (Wildman–Crippen MR) is 524 cm³/mol. The number of nitrogens with one attached hydrogen (secondary N) is 2. The molecule has 0 bridgehead atoms. The lowest BCUT2D eigenvalue weighted by Crippen LogP contribution is -2.18. The Morgan fingerprint density at radius 2 is 0.787 bits per heavy atom. The van der Waals surface area contributed by atoms with Crippen molar-refractivity contribution in [1.82, 2.24) is 53.8 Å². The molecule has 4 aliphatic rings. The zero-order valence-electron chi connectivity index (χ0n) is 74.2. The third-order valence-electron chi connectivity index (χ3n) is 20.4. The van der Waals surface area contributed by atoms with Crippen molar-refractivity contribution < 1.29 is 48.9 Å². The van der Waals surface area contributed by atoms with Crippen molar-refractivity contribution in [2.45, 2.75) is 43.8 Å². The number of allylic oxidation sites excluding steroid dienone is 12. The topological polar surface area (TPSA) is 358 Å². The van der Waals surface area contributed by atoms with Gasteiger partial charge in [-0.15, -0.1) is 13.2 Å². The Morgan fingerprint density at radius 1 is 0.412 bits per heavy atom. The average molecular weight is 1860 g/mol. The van der Waals surface area contributed by atoms with Crippen LogP contribution in [0.3, 0.4) is 0 Å². The second-order valence-corrected chi connectivity index (χ2v) is 33.5. The van der Waals surface area contributed by atoms with Gasteiger partial charge in [-0.25, -0.2) is 37.1 Å². The number of alkyl halides is 3. The Hall–Kier alpha value is -17.3. The van der Waals surface area contributed by atoms with Gasteiger partial charge in [0.05, 0.1) is 39.3 Å². The first-order chi connectivity index (χ1) is 65.0. The van der Waals surface area contributed by atoms with Gasteiger partial charge in [0, 0.05) is 228 Å². The molecule has 0 unspecified atom stereocenters. The molecule has 136 heavy (non-hydrogen) atoms. The summed E-state index contributed by atoms with van der Waals surface area (Å²) in [4.78, 5) is 70.7. The van der Waals surface area contributed by atoms with Crippen LogP contribution in [-0.4, -0.2) is 88.8 Å². The lowest BCUT2D eigenvalue weighted by Gasteiger charge is -2.25. The lowest BCUT2D eigenvalue weighted by atomic mass is 10.0. The molecule has 0 aliphatic carbocycles. The van der Waals surface area contributed by atoms with E-state index < -0.39 is 26.4 Å². The number of aryl methyl sites for hydroxylation is 4. The van der Waals surface area contributed by atoms with Gasteiger partial charge in [0.2, 0.25) is 31.9 Å². The SMILES string of the molecule is C=C1C=CC(c2ccncc2)=CN1c1ccc(OC(F)(F)F)cc1.C=C1C=CC(c2ccncc2)=CN1c1ccccc1.C=C1C=CC(c2cncnc2)=CN1c1ccc(S(N)(=O)=O)cc1.C=C1C=CC(c2cnn(C)c2)=CN1c1ccc(S(N)(=O)=O)cc1.CC(=O)Nc1cccc(-n2cc(-c3c(C)noc3C)ccc2=O)c1.CC(=O)Nc1cccc(-n2cc(-c3cnn(C)c3)ccc2=O)c1. The van der Waals surface area contributed by atoms with Crippen molar-refractivity contribution in [3.05, 3.63) is 458 Å². The van der Waals surface area contributed by atoms with Gasteiger partial charge in [-0.3, -0.25) is 47.6 Å². The molecule has 0 spiro atoms. The number of sulfonamides is 2. The van der Waals surface area contributed by atoms with Crippen molar-refractivity contribution in [3.8, 4) is 39.4 Å². The van der Waals surface area contributed by atoms with E-state index in [0.29, 0.717) is 39.9 Å². The molecule has 686 valence electrons. The number of pyridine rings is 4. The zero-order valence-corrected chi connectivity index (χ0v) is 75.8. The first-order valence-corrected chi connectivity index (χ1v) is 44.5. The van der Waals surface area contributed by atoms with Crippen LogP contribution < -0.4 is 56.4 Å². The molecule has 4 aliphatic heterocycles. The summed E-state index contributed by atoms with van der Waals surface area (Å²) in [6.45, 7) is 22.6. The highest BCUT2D eigenvalue weighted by Gasteiger charge is 2.31. The first-order valence-electron chi connectivity index (χ1n) is 41.4. The predicted octanol–water partition coefficient (Wildman–Crippen LogP) is 18.2. The van der Waals surface area contributed by atoms with Crippen LogP contribution in [0.2, 0.25) is 0 Å². The molecule has 34 heteroatoms. The summed E-state index contributed by atoms with van der Waals surface area (Å²) < 4.78 is 97.6. The summed E-state index contributed by atoms with van der Waals surface area (Å²) in [7, 11) is -3.70. The van der Waals surface area contributed by atoms with Crippen LogP contribution in [-0.2, 0) is 43.7 Å². The van der Waals surface area contributed by atoms with Crippen molar-refractivity contribution in [3.63, 3.8) is 0 Å². The molecule has 8 aromatic heterocycles. The van der Waals surface area contributed by atoms with Crippen molar-refractivity contribution in [1.29, 1.82) is 0 Å². The maximum absolute atomic E-state index is 12.3. The number of nitrogens with two attached hydrogens (primary N) is 2. The number of benzene rings is 6. The van der Waals surface area contributed by atoms with Gasteiger partial charge >= 0.3 is 6.36 Å². The molecule has 14 aromatic rings. The van der Waals surface area contributed by atoms with E-state index in [4.69, 9.17) is 14.8 Å². The van der Waals surface area contributed by atoms with Crippen LogP contribution in [0.1, 0.15) is 47.6 Å². The minimum Gasteiger partial charge on any atom is -0.406 e. The molecular formula is C102H90F3N19O10S2. The van der Waals surface area contributed by atoms with E-state index >= 15 is 0 Å². The average Bonchev–Trinajstić information content (AvgIpc) is 1.56. The van der Waals surface area contributed by atoms with Crippen molar-refractivity contribution >= 4 is 88.3 Å². The van der Waals surface area contributed by atoms with E-state index in [9.17, 15) is 49.2 Å². The first kappa shape index (κ1) is 96.2. The van der Waals surface area contributed by atoms with Crippen molar-refractivity contribution in [2.24, 2.45) is 24.4 Å². The summed E-state index contributed by atoms with van der Waals surface area (Å²) in [5.41, 5.74) is 21.2. The second kappa shape index (κ2) is 43.1. The third-order valence-corrected chi connectivity index (χ3v) is 22.3. The Labute approximate surface area is 781 Å². The van der Waals surface area contributed by atoms with Crippen LogP contribution >= 0.6 is 0 Å². The van der Waals surface area contributed by atoms with E-state index in [2.05, 4.69) is 106 Å². The molecule has 6 N–H and O–H groups in total. The summed E-state index contributed by atoms with van der Waals surface area (Å²) >= 11 is 0. The van der Waals surface area contributed by atoms with Crippen LogP contribution in [0, 0.1) is 13.8 Å². The van der Waals surface area contributed by atoms with Gasteiger partial charge in [-0.05, 0) is 218 Å². The summed E-state index contributed by atoms with van der Waals surface area (Å²) in [5.74, 6) is 0.120. The van der Waals surface area contributed by atoms with Gasteiger partial charge in [0.1, 0.15) is 17.8 Å². The number of para-hydroxylation sites is 1. The number of nitrogens with zero attached hydrogens (tertiary/aromatic N) is 15. The van der Waals surface area contributed by atoms with Crippen molar-refractivity contribution in [2.75, 3.05) is 30.2 Å². The molecule has 0 radical (unpaired) electrons. The minimum atomic E-state index is -4.70.